The first kappa shape index (κ1) is 50.4. The maximum Gasteiger partial charge on any atom is 0.306 e. The molecule has 6 atom stereocenters. The van der Waals surface area contributed by atoms with Crippen LogP contribution in [0.5, 0.6) is 0 Å². The quantitative estimate of drug-likeness (QED) is 0.0284. The van der Waals surface area contributed by atoms with Crippen molar-refractivity contribution in [2.24, 2.45) is 0 Å². The molecule has 0 aromatic carbocycles. The van der Waals surface area contributed by atoms with Gasteiger partial charge in [-0.3, -0.25) is 9.59 Å². The number of aliphatic hydroxyl groups excluding tert-OH is 4. The molecule has 0 unspecified atom stereocenters. The molecule has 1 heterocycles. The lowest BCUT2D eigenvalue weighted by Gasteiger charge is -2.39. The highest BCUT2D eigenvalue weighted by Crippen LogP contribution is 2.22. The summed E-state index contributed by atoms with van der Waals surface area (Å²) in [5.41, 5.74) is 0. The van der Waals surface area contributed by atoms with Gasteiger partial charge in [-0.25, -0.2) is 0 Å². The molecule has 1 aliphatic rings. The largest absolute Gasteiger partial charge is 0.462 e. The Bertz CT molecular complexity index is 1080. The van der Waals surface area contributed by atoms with Crippen LogP contribution in [0.2, 0.25) is 0 Å². The van der Waals surface area contributed by atoms with Crippen molar-refractivity contribution in [1.29, 1.82) is 0 Å². The molecule has 0 saturated carbocycles. The monoisotopic (exact) mass is 777 g/mol. The summed E-state index contributed by atoms with van der Waals surface area (Å²) in [6, 6.07) is 0. The molecule has 0 aromatic rings. The van der Waals surface area contributed by atoms with Crippen molar-refractivity contribution in [2.75, 3.05) is 19.8 Å². The highest BCUT2D eigenvalue weighted by Gasteiger charge is 2.44. The smallest absolute Gasteiger partial charge is 0.306 e. The van der Waals surface area contributed by atoms with Crippen LogP contribution < -0.4 is 0 Å². The minimum absolute atomic E-state index is 0.207. The normalized spacial score (nSPS) is 21.2. The summed E-state index contributed by atoms with van der Waals surface area (Å²) in [5, 5.41) is 40.0. The Kier molecular flexibility index (Phi) is 32.8. The second-order valence-corrected chi connectivity index (χ2v) is 14.4. The molecule has 1 fully saturated rings. The van der Waals surface area contributed by atoms with Crippen molar-refractivity contribution >= 4 is 11.9 Å². The SMILES string of the molecule is CC/C=C\C/C=C\C/C=C\CCCCCCCC(=O)OC[C@@H](CO[C@@H]1O[C@H](CO)[C@@H](O)[C@H](O)[C@H]1O)OC(=O)CCCCCCC/C=C\C/C=C\CCCCC. The number of rotatable bonds is 34. The van der Waals surface area contributed by atoms with E-state index in [0.717, 1.165) is 96.3 Å². The van der Waals surface area contributed by atoms with E-state index >= 15 is 0 Å². The molecular formula is C45H76O10. The summed E-state index contributed by atoms with van der Waals surface area (Å²) in [6.45, 7) is 3.23. The number of allylic oxidation sites excluding steroid dienone is 10. The first-order valence-corrected chi connectivity index (χ1v) is 21.4. The van der Waals surface area contributed by atoms with Gasteiger partial charge in [-0.1, -0.05) is 126 Å². The van der Waals surface area contributed by atoms with Crippen molar-refractivity contribution in [2.45, 2.75) is 192 Å². The molecule has 4 N–H and O–H groups in total. The predicted molar refractivity (Wildman–Crippen MR) is 219 cm³/mol. The molecule has 1 aliphatic heterocycles. The number of carbonyl (C=O) groups excluding carboxylic acids is 2. The lowest BCUT2D eigenvalue weighted by atomic mass is 9.99. The average molecular weight is 777 g/mol. The summed E-state index contributed by atoms with van der Waals surface area (Å²) in [5.74, 6) is -0.848. The molecule has 10 heteroatoms. The molecule has 0 aromatic heterocycles. The zero-order valence-corrected chi connectivity index (χ0v) is 34.2. The number of aliphatic hydroxyl groups is 4. The number of carbonyl (C=O) groups is 2. The summed E-state index contributed by atoms with van der Waals surface area (Å²) < 4.78 is 22.1. The van der Waals surface area contributed by atoms with Gasteiger partial charge in [0.25, 0.3) is 0 Å². The lowest BCUT2D eigenvalue weighted by molar-refractivity contribution is -0.305. The van der Waals surface area contributed by atoms with Gasteiger partial charge in [-0.15, -0.1) is 0 Å². The molecule has 55 heavy (non-hydrogen) atoms. The Morgan fingerprint density at radius 3 is 1.62 bits per heavy atom. The van der Waals surface area contributed by atoms with E-state index in [-0.39, 0.29) is 26.1 Å². The van der Waals surface area contributed by atoms with Crippen LogP contribution >= 0.6 is 0 Å². The number of hydrogen-bond acceptors (Lipinski definition) is 10. The third-order valence-electron chi connectivity index (χ3n) is 9.39. The van der Waals surface area contributed by atoms with Gasteiger partial charge in [0.15, 0.2) is 12.4 Å². The number of ether oxygens (including phenoxy) is 4. The van der Waals surface area contributed by atoms with Crippen LogP contribution in [-0.4, -0.2) is 89.0 Å². The Labute approximate surface area is 332 Å². The standard InChI is InChI=1S/C45H76O10/c1-3-5-7-9-11-13-15-17-19-21-23-25-27-29-31-33-40(47)52-36-38(37-53-45-44(51)43(50)42(49)39(35-46)55-45)54-41(48)34-32-30-28-26-24-22-20-18-16-14-12-10-8-6-4-2/h5,7,11-14,17-20,38-39,42-46,49-51H,3-4,6,8-10,15-16,21-37H2,1-2H3/b7-5-,13-11-,14-12-,19-17-,20-18-/t38-,39+,42+,43-,44+,45+/m0/s1. The highest BCUT2D eigenvalue weighted by atomic mass is 16.7. The molecule has 0 amide bonds. The van der Waals surface area contributed by atoms with Crippen LogP contribution in [0.15, 0.2) is 60.8 Å². The third-order valence-corrected chi connectivity index (χ3v) is 9.39. The molecule has 1 rings (SSSR count). The van der Waals surface area contributed by atoms with E-state index in [9.17, 15) is 30.0 Å². The van der Waals surface area contributed by atoms with E-state index < -0.39 is 55.4 Å². The maximum atomic E-state index is 12.7. The topological polar surface area (TPSA) is 152 Å². The summed E-state index contributed by atoms with van der Waals surface area (Å²) >= 11 is 0. The third kappa shape index (κ3) is 27.6. The van der Waals surface area contributed by atoms with E-state index in [1.807, 2.05) is 0 Å². The Balaban J connectivity index is 2.38. The second-order valence-electron chi connectivity index (χ2n) is 14.4. The summed E-state index contributed by atoms with van der Waals surface area (Å²) in [6.07, 6.45) is 35.1. The van der Waals surface area contributed by atoms with Gasteiger partial charge in [0, 0.05) is 12.8 Å². The number of unbranched alkanes of at least 4 members (excludes halogenated alkanes) is 13. The van der Waals surface area contributed by atoms with Gasteiger partial charge < -0.3 is 39.4 Å². The minimum Gasteiger partial charge on any atom is -0.462 e. The second kappa shape index (κ2) is 35.8. The fraction of sp³-hybridized carbons (Fsp3) is 0.733. The van der Waals surface area contributed by atoms with E-state index in [2.05, 4.69) is 74.6 Å². The van der Waals surface area contributed by atoms with Crippen molar-refractivity contribution in [3.63, 3.8) is 0 Å². The maximum absolute atomic E-state index is 12.7. The lowest BCUT2D eigenvalue weighted by Crippen LogP contribution is -2.59. The minimum atomic E-state index is -1.60. The molecule has 0 bridgehead atoms. The van der Waals surface area contributed by atoms with Gasteiger partial charge in [-0.05, 0) is 77.0 Å². The van der Waals surface area contributed by atoms with Crippen LogP contribution in [0.4, 0.5) is 0 Å². The van der Waals surface area contributed by atoms with E-state index in [1.165, 1.54) is 19.3 Å². The summed E-state index contributed by atoms with van der Waals surface area (Å²) in [7, 11) is 0. The van der Waals surface area contributed by atoms with Crippen LogP contribution in [0.3, 0.4) is 0 Å². The summed E-state index contributed by atoms with van der Waals surface area (Å²) in [4.78, 5) is 25.3. The van der Waals surface area contributed by atoms with Crippen molar-refractivity contribution < 1.29 is 49.0 Å². The van der Waals surface area contributed by atoms with Gasteiger partial charge >= 0.3 is 11.9 Å². The fourth-order valence-electron chi connectivity index (χ4n) is 6.00. The van der Waals surface area contributed by atoms with Gasteiger partial charge in [-0.2, -0.15) is 0 Å². The number of hydrogen-bond donors (Lipinski definition) is 4. The molecule has 0 aliphatic carbocycles. The van der Waals surface area contributed by atoms with Crippen molar-refractivity contribution in [3.05, 3.63) is 60.8 Å². The zero-order chi connectivity index (χ0) is 40.2. The van der Waals surface area contributed by atoms with E-state index in [4.69, 9.17) is 18.9 Å². The van der Waals surface area contributed by atoms with Gasteiger partial charge in [0.05, 0.1) is 13.2 Å². The zero-order valence-electron chi connectivity index (χ0n) is 34.2. The molecule has 316 valence electrons. The van der Waals surface area contributed by atoms with Gasteiger partial charge in [0.1, 0.15) is 31.0 Å². The average Bonchev–Trinajstić information content (AvgIpc) is 3.18. The van der Waals surface area contributed by atoms with Crippen molar-refractivity contribution in [1.82, 2.24) is 0 Å². The first-order chi connectivity index (χ1) is 26.8. The molecule has 10 nitrogen and oxygen atoms in total. The highest BCUT2D eigenvalue weighted by molar-refractivity contribution is 5.70. The van der Waals surface area contributed by atoms with Crippen LogP contribution in [0, 0.1) is 0 Å². The van der Waals surface area contributed by atoms with Crippen LogP contribution in [0.25, 0.3) is 0 Å². The first-order valence-electron chi connectivity index (χ1n) is 21.4. The molecular weight excluding hydrogens is 700 g/mol. The Morgan fingerprint density at radius 1 is 0.582 bits per heavy atom. The molecule has 0 radical (unpaired) electrons. The van der Waals surface area contributed by atoms with Gasteiger partial charge in [0.2, 0.25) is 0 Å². The van der Waals surface area contributed by atoms with E-state index in [0.29, 0.717) is 12.8 Å². The van der Waals surface area contributed by atoms with Crippen LogP contribution in [0.1, 0.15) is 155 Å². The Morgan fingerprint density at radius 2 is 1.07 bits per heavy atom. The van der Waals surface area contributed by atoms with Crippen molar-refractivity contribution in [3.8, 4) is 0 Å². The predicted octanol–water partition coefficient (Wildman–Crippen LogP) is 8.66. The molecule has 1 saturated heterocycles. The molecule has 0 spiro atoms. The van der Waals surface area contributed by atoms with E-state index in [1.54, 1.807) is 0 Å². The Hall–Kier alpha value is -2.60. The number of esters is 2. The van der Waals surface area contributed by atoms with Crippen LogP contribution in [-0.2, 0) is 28.5 Å². The fourth-order valence-corrected chi connectivity index (χ4v) is 6.00.